The molecule has 0 aromatic rings. The van der Waals surface area contributed by atoms with E-state index in [9.17, 15) is 9.59 Å². The van der Waals surface area contributed by atoms with Gasteiger partial charge in [-0.2, -0.15) is 0 Å². The van der Waals surface area contributed by atoms with Crippen molar-refractivity contribution in [1.29, 1.82) is 0 Å². The summed E-state index contributed by atoms with van der Waals surface area (Å²) in [4.78, 5) is 22.5. The van der Waals surface area contributed by atoms with Crippen LogP contribution in [0.4, 0.5) is 0 Å². The average Bonchev–Trinajstić information content (AvgIpc) is 2.38. The summed E-state index contributed by atoms with van der Waals surface area (Å²) in [6.07, 6.45) is 4.47. The Morgan fingerprint density at radius 1 is 1.26 bits per heavy atom. The smallest absolute Gasteiger partial charge is 0.239 e. The quantitative estimate of drug-likeness (QED) is 0.505. The molecular weight excluding hydrogens is 246 g/mol. The molecule has 1 fully saturated rings. The lowest BCUT2D eigenvalue weighted by Gasteiger charge is -2.42. The number of carbonyl (C=O) groups excluding carboxylic acids is 2. The standard InChI is InChI=1S/C13H25N3O3/c1-2-19-7-6-13(4-3-5-13)10-16-12(18)9-15-11(17)8-14/h2-10,14H2,1H3,(H,15,17)(H,16,18). The van der Waals surface area contributed by atoms with Gasteiger partial charge in [0.2, 0.25) is 11.8 Å². The second kappa shape index (κ2) is 8.12. The van der Waals surface area contributed by atoms with Crippen molar-refractivity contribution in [3.05, 3.63) is 0 Å². The molecule has 1 aliphatic rings. The Morgan fingerprint density at radius 3 is 2.53 bits per heavy atom. The fraction of sp³-hybridized carbons (Fsp3) is 0.846. The van der Waals surface area contributed by atoms with E-state index in [0.29, 0.717) is 6.54 Å². The molecule has 110 valence electrons. The highest BCUT2D eigenvalue weighted by Crippen LogP contribution is 2.43. The third-order valence-electron chi connectivity index (χ3n) is 3.69. The van der Waals surface area contributed by atoms with Crippen LogP contribution >= 0.6 is 0 Å². The molecule has 0 saturated heterocycles. The van der Waals surface area contributed by atoms with Crippen molar-refractivity contribution in [3.63, 3.8) is 0 Å². The first-order valence-electron chi connectivity index (χ1n) is 6.93. The van der Waals surface area contributed by atoms with Crippen LogP contribution in [0.5, 0.6) is 0 Å². The van der Waals surface area contributed by atoms with Gasteiger partial charge in [-0.25, -0.2) is 0 Å². The minimum atomic E-state index is -0.315. The third kappa shape index (κ3) is 5.57. The lowest BCUT2D eigenvalue weighted by Crippen LogP contribution is -2.46. The number of nitrogens with one attached hydrogen (secondary N) is 2. The van der Waals surface area contributed by atoms with Gasteiger partial charge in [0.05, 0.1) is 13.1 Å². The molecule has 1 aliphatic carbocycles. The van der Waals surface area contributed by atoms with Crippen LogP contribution in [-0.2, 0) is 14.3 Å². The Balaban J connectivity index is 2.21. The van der Waals surface area contributed by atoms with Crippen molar-refractivity contribution in [1.82, 2.24) is 10.6 Å². The molecule has 0 aromatic heterocycles. The fourth-order valence-corrected chi connectivity index (χ4v) is 2.22. The Hall–Kier alpha value is -1.14. The van der Waals surface area contributed by atoms with Crippen LogP contribution in [0.15, 0.2) is 0 Å². The van der Waals surface area contributed by atoms with Gasteiger partial charge >= 0.3 is 0 Å². The van der Waals surface area contributed by atoms with E-state index in [4.69, 9.17) is 10.5 Å². The molecule has 1 rings (SSSR count). The maximum atomic E-state index is 11.6. The predicted molar refractivity (Wildman–Crippen MR) is 72.5 cm³/mol. The van der Waals surface area contributed by atoms with Crippen molar-refractivity contribution < 1.29 is 14.3 Å². The van der Waals surface area contributed by atoms with Gasteiger partial charge < -0.3 is 21.1 Å². The Labute approximate surface area is 114 Å². The number of rotatable bonds is 9. The molecule has 0 aromatic carbocycles. The third-order valence-corrected chi connectivity index (χ3v) is 3.69. The Morgan fingerprint density at radius 2 is 2.00 bits per heavy atom. The van der Waals surface area contributed by atoms with Crippen molar-refractivity contribution >= 4 is 11.8 Å². The molecular formula is C13H25N3O3. The minimum Gasteiger partial charge on any atom is -0.382 e. The first kappa shape index (κ1) is 15.9. The molecule has 0 spiro atoms. The summed E-state index contributed by atoms with van der Waals surface area (Å²) in [5.74, 6) is -0.477. The van der Waals surface area contributed by atoms with E-state index >= 15 is 0 Å². The van der Waals surface area contributed by atoms with Gasteiger partial charge in [-0.05, 0) is 31.6 Å². The number of ether oxygens (including phenoxy) is 1. The molecule has 0 heterocycles. The predicted octanol–water partition coefficient (Wildman–Crippen LogP) is -0.226. The van der Waals surface area contributed by atoms with Crippen LogP contribution in [0, 0.1) is 5.41 Å². The van der Waals surface area contributed by atoms with Crippen LogP contribution in [0.2, 0.25) is 0 Å². The van der Waals surface area contributed by atoms with Gasteiger partial charge in [0.1, 0.15) is 0 Å². The average molecular weight is 271 g/mol. The van der Waals surface area contributed by atoms with E-state index in [1.807, 2.05) is 6.92 Å². The zero-order valence-electron chi connectivity index (χ0n) is 11.7. The summed E-state index contributed by atoms with van der Waals surface area (Å²) in [6.45, 7) is 4.03. The number of hydrogen-bond acceptors (Lipinski definition) is 4. The van der Waals surface area contributed by atoms with E-state index in [1.165, 1.54) is 6.42 Å². The second-order valence-corrected chi connectivity index (χ2v) is 5.06. The number of nitrogens with two attached hydrogens (primary N) is 1. The van der Waals surface area contributed by atoms with Crippen molar-refractivity contribution in [2.24, 2.45) is 11.1 Å². The Kier molecular flexibility index (Phi) is 6.80. The second-order valence-electron chi connectivity index (χ2n) is 5.06. The lowest BCUT2D eigenvalue weighted by atomic mass is 9.67. The minimum absolute atomic E-state index is 0.00241. The van der Waals surface area contributed by atoms with Crippen LogP contribution in [0.1, 0.15) is 32.6 Å². The van der Waals surface area contributed by atoms with Crippen molar-refractivity contribution in [2.75, 3.05) is 32.8 Å². The van der Waals surface area contributed by atoms with Crippen LogP contribution in [0.25, 0.3) is 0 Å². The zero-order valence-corrected chi connectivity index (χ0v) is 11.7. The summed E-state index contributed by atoms with van der Waals surface area (Å²) in [7, 11) is 0. The van der Waals surface area contributed by atoms with Crippen LogP contribution in [0.3, 0.4) is 0 Å². The van der Waals surface area contributed by atoms with Gasteiger partial charge in [0, 0.05) is 19.8 Å². The summed E-state index contributed by atoms with van der Waals surface area (Å²) in [6, 6.07) is 0. The Bertz CT molecular complexity index is 304. The zero-order chi connectivity index (χ0) is 14.1. The molecule has 0 bridgehead atoms. The molecule has 0 radical (unpaired) electrons. The van der Waals surface area contributed by atoms with E-state index < -0.39 is 0 Å². The molecule has 2 amide bonds. The number of carbonyl (C=O) groups is 2. The molecule has 0 atom stereocenters. The normalized spacial score (nSPS) is 16.5. The maximum absolute atomic E-state index is 11.6. The molecule has 19 heavy (non-hydrogen) atoms. The highest BCUT2D eigenvalue weighted by atomic mass is 16.5. The first-order chi connectivity index (χ1) is 9.12. The van der Waals surface area contributed by atoms with Crippen molar-refractivity contribution in [3.8, 4) is 0 Å². The van der Waals surface area contributed by atoms with Gasteiger partial charge in [-0.1, -0.05) is 6.42 Å². The summed E-state index contributed by atoms with van der Waals surface area (Å²) < 4.78 is 5.38. The molecule has 0 aliphatic heterocycles. The highest BCUT2D eigenvalue weighted by Gasteiger charge is 2.36. The summed E-state index contributed by atoms with van der Waals surface area (Å²) in [5, 5.41) is 5.34. The monoisotopic (exact) mass is 271 g/mol. The van der Waals surface area contributed by atoms with E-state index in [1.54, 1.807) is 0 Å². The molecule has 0 unspecified atom stereocenters. The summed E-state index contributed by atoms with van der Waals surface area (Å²) >= 11 is 0. The van der Waals surface area contributed by atoms with Gasteiger partial charge in [-0.15, -0.1) is 0 Å². The topological polar surface area (TPSA) is 93.5 Å². The number of amides is 2. The number of hydrogen-bond donors (Lipinski definition) is 3. The molecule has 6 heteroatoms. The van der Waals surface area contributed by atoms with Gasteiger partial charge in [0.25, 0.3) is 0 Å². The van der Waals surface area contributed by atoms with E-state index in [2.05, 4.69) is 10.6 Å². The van der Waals surface area contributed by atoms with Crippen molar-refractivity contribution in [2.45, 2.75) is 32.6 Å². The van der Waals surface area contributed by atoms with Crippen LogP contribution < -0.4 is 16.4 Å². The molecule has 6 nitrogen and oxygen atoms in total. The highest BCUT2D eigenvalue weighted by molar-refractivity contribution is 5.85. The van der Waals surface area contributed by atoms with E-state index in [0.717, 1.165) is 32.5 Å². The summed E-state index contributed by atoms with van der Waals surface area (Å²) in [5.41, 5.74) is 5.34. The molecule has 4 N–H and O–H groups in total. The van der Waals surface area contributed by atoms with Crippen LogP contribution in [-0.4, -0.2) is 44.7 Å². The first-order valence-corrected chi connectivity index (χ1v) is 6.93. The lowest BCUT2D eigenvalue weighted by molar-refractivity contribution is -0.125. The fourth-order valence-electron chi connectivity index (χ4n) is 2.22. The largest absolute Gasteiger partial charge is 0.382 e. The maximum Gasteiger partial charge on any atom is 0.239 e. The van der Waals surface area contributed by atoms with E-state index in [-0.39, 0.29) is 30.3 Å². The van der Waals surface area contributed by atoms with Gasteiger partial charge in [-0.3, -0.25) is 9.59 Å². The SMILES string of the molecule is CCOCCC1(CNC(=O)CNC(=O)CN)CCC1. The van der Waals surface area contributed by atoms with Gasteiger partial charge in [0.15, 0.2) is 0 Å². The molecule has 1 saturated carbocycles.